The van der Waals surface area contributed by atoms with Crippen molar-refractivity contribution < 1.29 is 33.3 Å². The van der Waals surface area contributed by atoms with Crippen molar-refractivity contribution in [2.24, 2.45) is 0 Å². The second kappa shape index (κ2) is 14.8. The highest BCUT2D eigenvalue weighted by Crippen LogP contribution is 2.44. The van der Waals surface area contributed by atoms with Gasteiger partial charge in [0, 0.05) is 18.0 Å². The zero-order chi connectivity index (χ0) is 35.2. The highest BCUT2D eigenvalue weighted by molar-refractivity contribution is 5.85. The lowest BCUT2D eigenvalue weighted by molar-refractivity contribution is -0.157. The van der Waals surface area contributed by atoms with Gasteiger partial charge in [-0.2, -0.15) is 0 Å². The Balaban J connectivity index is 1.19. The molecule has 1 unspecified atom stereocenters. The number of ether oxygens (including phenoxy) is 4. The molecule has 1 aliphatic carbocycles. The smallest absolute Gasteiger partial charge is 0.412 e. The summed E-state index contributed by atoms with van der Waals surface area (Å²) in [5.41, 5.74) is 5.39. The number of fused-ring (bicyclic) bond motifs is 3. The van der Waals surface area contributed by atoms with Gasteiger partial charge in [-0.1, -0.05) is 72.8 Å². The van der Waals surface area contributed by atoms with Gasteiger partial charge in [-0.25, -0.2) is 14.4 Å². The molecule has 49 heavy (non-hydrogen) atoms. The molecule has 1 atom stereocenters. The van der Waals surface area contributed by atoms with Crippen molar-refractivity contribution in [3.63, 3.8) is 0 Å². The number of benzene rings is 4. The molecule has 0 fully saturated rings. The van der Waals surface area contributed by atoms with Crippen LogP contribution in [0.3, 0.4) is 0 Å². The van der Waals surface area contributed by atoms with Crippen molar-refractivity contribution in [3.8, 4) is 16.9 Å². The van der Waals surface area contributed by atoms with Crippen molar-refractivity contribution in [2.75, 3.05) is 11.9 Å². The van der Waals surface area contributed by atoms with Crippen LogP contribution in [0.2, 0.25) is 0 Å². The molecule has 4 aromatic rings. The Morgan fingerprint density at radius 3 is 1.92 bits per heavy atom. The van der Waals surface area contributed by atoms with Crippen LogP contribution >= 0.6 is 0 Å². The lowest BCUT2D eigenvalue weighted by atomic mass is 9.98. The molecule has 0 saturated heterocycles. The Labute approximate surface area is 287 Å². The zero-order valence-corrected chi connectivity index (χ0v) is 28.9. The van der Waals surface area contributed by atoms with Gasteiger partial charge < -0.3 is 24.3 Å². The third kappa shape index (κ3) is 9.85. The number of alkyl carbamates (subject to hydrolysis) is 1. The normalized spacial score (nSPS) is 13.0. The molecule has 9 heteroatoms. The summed E-state index contributed by atoms with van der Waals surface area (Å²) in [5, 5.41) is 5.48. The molecular formula is C40H44N2O7. The number of nitrogens with one attached hydrogen (secondary N) is 2. The van der Waals surface area contributed by atoms with Crippen molar-refractivity contribution in [1.82, 2.24) is 5.32 Å². The molecule has 0 bridgehead atoms. The van der Waals surface area contributed by atoms with E-state index in [0.717, 1.165) is 33.4 Å². The molecular weight excluding hydrogens is 620 g/mol. The van der Waals surface area contributed by atoms with E-state index in [9.17, 15) is 14.4 Å². The van der Waals surface area contributed by atoms with Crippen LogP contribution in [-0.4, -0.2) is 42.0 Å². The van der Waals surface area contributed by atoms with E-state index in [2.05, 4.69) is 34.9 Å². The van der Waals surface area contributed by atoms with Gasteiger partial charge >= 0.3 is 18.2 Å². The van der Waals surface area contributed by atoms with E-state index in [1.54, 1.807) is 59.7 Å². The molecule has 5 rings (SSSR count). The summed E-state index contributed by atoms with van der Waals surface area (Å²) < 4.78 is 22.7. The van der Waals surface area contributed by atoms with Gasteiger partial charge in [-0.3, -0.25) is 5.32 Å². The predicted molar refractivity (Wildman–Crippen MR) is 189 cm³/mol. The van der Waals surface area contributed by atoms with Gasteiger partial charge in [-0.05, 0) is 99.2 Å². The maximum atomic E-state index is 13.2. The first-order valence-electron chi connectivity index (χ1n) is 16.4. The fourth-order valence-corrected chi connectivity index (χ4v) is 5.63. The summed E-state index contributed by atoms with van der Waals surface area (Å²) in [7, 11) is 0. The second-order valence-corrected chi connectivity index (χ2v) is 14.0. The third-order valence-electron chi connectivity index (χ3n) is 7.67. The largest absolute Gasteiger partial charge is 0.489 e. The highest BCUT2D eigenvalue weighted by Gasteiger charge is 2.31. The molecule has 4 aromatic carbocycles. The summed E-state index contributed by atoms with van der Waals surface area (Å²) in [6.45, 7) is 11.2. The topological polar surface area (TPSA) is 112 Å². The minimum absolute atomic E-state index is 0.102. The van der Waals surface area contributed by atoms with Crippen LogP contribution in [0.5, 0.6) is 5.75 Å². The monoisotopic (exact) mass is 664 g/mol. The maximum absolute atomic E-state index is 13.2. The molecule has 0 spiro atoms. The number of anilines is 1. The quantitative estimate of drug-likeness (QED) is 0.129. The molecule has 0 aliphatic heterocycles. The zero-order valence-electron chi connectivity index (χ0n) is 28.9. The van der Waals surface area contributed by atoms with Crippen molar-refractivity contribution in [1.29, 1.82) is 0 Å². The van der Waals surface area contributed by atoms with Crippen LogP contribution in [0.25, 0.3) is 11.1 Å². The number of esters is 1. The molecule has 256 valence electrons. The molecule has 0 radical (unpaired) electrons. The fraction of sp³-hybridized carbons (Fsp3) is 0.325. The van der Waals surface area contributed by atoms with Gasteiger partial charge in [0.25, 0.3) is 0 Å². The van der Waals surface area contributed by atoms with Gasteiger partial charge in [0.15, 0.2) is 0 Å². The van der Waals surface area contributed by atoms with Crippen molar-refractivity contribution in [2.45, 2.75) is 77.7 Å². The summed E-state index contributed by atoms with van der Waals surface area (Å²) >= 11 is 0. The first-order chi connectivity index (χ1) is 23.2. The van der Waals surface area contributed by atoms with Gasteiger partial charge in [0.05, 0.1) is 0 Å². The molecule has 0 aromatic heterocycles. The van der Waals surface area contributed by atoms with Crippen molar-refractivity contribution in [3.05, 3.63) is 119 Å². The summed E-state index contributed by atoms with van der Waals surface area (Å²) in [6, 6.07) is 29.9. The summed E-state index contributed by atoms with van der Waals surface area (Å²) in [5.74, 6) is -0.0387. The Morgan fingerprint density at radius 2 is 1.31 bits per heavy atom. The van der Waals surface area contributed by atoms with Crippen LogP contribution in [0.1, 0.15) is 69.7 Å². The van der Waals surface area contributed by atoms with E-state index in [1.807, 2.05) is 54.6 Å². The number of hydrogen-bond donors (Lipinski definition) is 2. The van der Waals surface area contributed by atoms with Gasteiger partial charge in [0.2, 0.25) is 0 Å². The Kier molecular flexibility index (Phi) is 10.6. The maximum Gasteiger partial charge on any atom is 0.412 e. The van der Waals surface area contributed by atoms with Gasteiger partial charge in [-0.15, -0.1) is 0 Å². The third-order valence-corrected chi connectivity index (χ3v) is 7.67. The van der Waals surface area contributed by atoms with E-state index in [0.29, 0.717) is 11.4 Å². The Morgan fingerprint density at radius 1 is 0.694 bits per heavy atom. The predicted octanol–water partition coefficient (Wildman–Crippen LogP) is 8.40. The van der Waals surface area contributed by atoms with Crippen molar-refractivity contribution >= 4 is 23.8 Å². The number of carbonyl (C=O) groups is 3. The lowest BCUT2D eigenvalue weighted by Gasteiger charge is -2.25. The van der Waals surface area contributed by atoms with E-state index in [-0.39, 0.29) is 25.6 Å². The standard InChI is InChI=1S/C40H44N2O7/c1-39(2,3)48-36(43)35(42-37(44)47-25-34-32-16-9-7-14-30(32)31-15-8-10-17-33(31)34)23-26-18-20-29(21-19-26)46-24-27-12-11-13-28(22-27)41-38(45)49-40(4,5)6/h7-22,34-35H,23-25H2,1-6H3,(H,41,45)(H,42,44). The highest BCUT2D eigenvalue weighted by atomic mass is 16.6. The van der Waals surface area contributed by atoms with E-state index >= 15 is 0 Å². The molecule has 0 saturated carbocycles. The van der Waals surface area contributed by atoms with Crippen LogP contribution < -0.4 is 15.4 Å². The Hall–Kier alpha value is -5.31. The summed E-state index contributed by atoms with van der Waals surface area (Å²) in [4.78, 5) is 38.5. The molecule has 2 N–H and O–H groups in total. The van der Waals surface area contributed by atoms with Crippen LogP contribution in [-0.2, 0) is 32.0 Å². The minimum atomic E-state index is -0.971. The SMILES string of the molecule is CC(C)(C)OC(=O)Nc1cccc(COc2ccc(CC(NC(=O)OCC3c4ccccc4-c4ccccc43)C(=O)OC(C)(C)C)cc2)c1. The first-order valence-corrected chi connectivity index (χ1v) is 16.4. The average molecular weight is 665 g/mol. The Bertz CT molecular complexity index is 1740. The number of rotatable bonds is 10. The van der Waals surface area contributed by atoms with E-state index < -0.39 is 35.4 Å². The number of amides is 2. The minimum Gasteiger partial charge on any atom is -0.489 e. The van der Waals surface area contributed by atoms with Crippen LogP contribution in [0.15, 0.2) is 97.1 Å². The van der Waals surface area contributed by atoms with Gasteiger partial charge in [0.1, 0.15) is 36.2 Å². The van der Waals surface area contributed by atoms with Crippen LogP contribution in [0.4, 0.5) is 15.3 Å². The molecule has 9 nitrogen and oxygen atoms in total. The lowest BCUT2D eigenvalue weighted by Crippen LogP contribution is -2.46. The summed E-state index contributed by atoms with van der Waals surface area (Å²) in [6.07, 6.45) is -1.03. The number of carbonyl (C=O) groups excluding carboxylic acids is 3. The molecule has 1 aliphatic rings. The van der Waals surface area contributed by atoms with E-state index in [1.165, 1.54) is 0 Å². The second-order valence-electron chi connectivity index (χ2n) is 14.0. The molecule has 0 heterocycles. The fourth-order valence-electron chi connectivity index (χ4n) is 5.63. The first kappa shape index (κ1) is 35.0. The average Bonchev–Trinajstić information content (AvgIpc) is 3.35. The number of hydrogen-bond acceptors (Lipinski definition) is 7. The van der Waals surface area contributed by atoms with E-state index in [4.69, 9.17) is 18.9 Å². The molecule has 2 amide bonds. The van der Waals surface area contributed by atoms with Crippen LogP contribution in [0, 0.1) is 0 Å².